The quantitative estimate of drug-likeness (QED) is 0.560. The lowest BCUT2D eigenvalue weighted by molar-refractivity contribution is 0.452. The summed E-state index contributed by atoms with van der Waals surface area (Å²) in [6.07, 6.45) is 7.85. The highest BCUT2D eigenvalue weighted by Gasteiger charge is 2.22. The van der Waals surface area contributed by atoms with Gasteiger partial charge in [-0.3, -0.25) is 0 Å². The molecule has 2 unspecified atom stereocenters. The van der Waals surface area contributed by atoms with Gasteiger partial charge in [0.15, 0.2) is 0 Å². The van der Waals surface area contributed by atoms with Gasteiger partial charge >= 0.3 is 0 Å². The third kappa shape index (κ3) is 4.65. The predicted molar refractivity (Wildman–Crippen MR) is 60.5 cm³/mol. The van der Waals surface area contributed by atoms with E-state index < -0.39 is 9.84 Å². The average molecular weight is 239 g/mol. The predicted octanol–water partition coefficient (Wildman–Crippen LogP) is 2.61. The van der Waals surface area contributed by atoms with Crippen molar-refractivity contribution in [3.63, 3.8) is 0 Å². The number of hydrogen-bond donors (Lipinski definition) is 0. The molecule has 1 fully saturated rings. The molecule has 4 heteroatoms. The maximum absolute atomic E-state index is 11.0. The van der Waals surface area contributed by atoms with Crippen molar-refractivity contribution in [2.45, 2.75) is 43.9 Å². The van der Waals surface area contributed by atoms with Crippen LogP contribution in [0.4, 0.5) is 0 Å². The molecule has 0 heterocycles. The van der Waals surface area contributed by atoms with Crippen LogP contribution in [0.5, 0.6) is 0 Å². The standard InChI is InChI=1S/C10H19ClO2S/c1-14(12,13)8-7-9-5-3-2-4-6-10(9)11/h9-10H,2-8H2,1H3. The summed E-state index contributed by atoms with van der Waals surface area (Å²) in [6, 6.07) is 0. The molecule has 2 atom stereocenters. The Hall–Kier alpha value is 0.240. The van der Waals surface area contributed by atoms with Gasteiger partial charge < -0.3 is 0 Å². The fraction of sp³-hybridized carbons (Fsp3) is 1.00. The van der Waals surface area contributed by atoms with E-state index in [-0.39, 0.29) is 5.38 Å². The van der Waals surface area contributed by atoms with Gasteiger partial charge in [-0.05, 0) is 25.2 Å². The highest BCUT2D eigenvalue weighted by atomic mass is 35.5. The van der Waals surface area contributed by atoms with Crippen LogP contribution in [-0.2, 0) is 9.84 Å². The Morgan fingerprint density at radius 2 is 1.86 bits per heavy atom. The topological polar surface area (TPSA) is 34.1 Å². The number of halogens is 1. The summed E-state index contributed by atoms with van der Waals surface area (Å²) in [4.78, 5) is 0. The molecule has 0 aromatic rings. The SMILES string of the molecule is CS(=O)(=O)CCC1CCCCCC1Cl. The van der Waals surface area contributed by atoms with Gasteiger partial charge in [0.05, 0.1) is 5.75 Å². The van der Waals surface area contributed by atoms with Crippen molar-refractivity contribution in [2.75, 3.05) is 12.0 Å². The van der Waals surface area contributed by atoms with Gasteiger partial charge in [-0.1, -0.05) is 19.3 Å². The monoisotopic (exact) mass is 238 g/mol. The van der Waals surface area contributed by atoms with Crippen LogP contribution in [0.2, 0.25) is 0 Å². The Balaban J connectivity index is 2.41. The van der Waals surface area contributed by atoms with E-state index in [4.69, 9.17) is 11.6 Å². The first-order valence-electron chi connectivity index (χ1n) is 5.31. The van der Waals surface area contributed by atoms with E-state index in [2.05, 4.69) is 0 Å². The minimum Gasteiger partial charge on any atom is -0.229 e. The summed E-state index contributed by atoms with van der Waals surface area (Å²) in [5.41, 5.74) is 0. The maximum atomic E-state index is 11.0. The lowest BCUT2D eigenvalue weighted by Gasteiger charge is -2.18. The zero-order valence-corrected chi connectivity index (χ0v) is 10.3. The molecule has 0 aliphatic heterocycles. The van der Waals surface area contributed by atoms with Crippen molar-refractivity contribution in [1.82, 2.24) is 0 Å². The first-order valence-corrected chi connectivity index (χ1v) is 7.80. The third-order valence-corrected chi connectivity index (χ3v) is 4.48. The van der Waals surface area contributed by atoms with Gasteiger partial charge in [0.1, 0.15) is 9.84 Å². The molecule has 0 spiro atoms. The van der Waals surface area contributed by atoms with Crippen LogP contribution in [0.15, 0.2) is 0 Å². The molecule has 2 nitrogen and oxygen atoms in total. The van der Waals surface area contributed by atoms with Crippen LogP contribution < -0.4 is 0 Å². The number of sulfone groups is 1. The van der Waals surface area contributed by atoms with E-state index in [0.29, 0.717) is 11.7 Å². The summed E-state index contributed by atoms with van der Waals surface area (Å²) >= 11 is 6.22. The molecule has 1 saturated carbocycles. The van der Waals surface area contributed by atoms with Crippen molar-refractivity contribution in [1.29, 1.82) is 0 Å². The summed E-state index contributed by atoms with van der Waals surface area (Å²) in [7, 11) is -2.82. The first kappa shape index (κ1) is 12.3. The lowest BCUT2D eigenvalue weighted by atomic mass is 9.97. The highest BCUT2D eigenvalue weighted by Crippen LogP contribution is 2.29. The molecule has 14 heavy (non-hydrogen) atoms. The van der Waals surface area contributed by atoms with Crippen LogP contribution in [-0.4, -0.2) is 25.8 Å². The first-order chi connectivity index (χ1) is 6.49. The largest absolute Gasteiger partial charge is 0.229 e. The van der Waals surface area contributed by atoms with Crippen LogP contribution in [0.1, 0.15) is 38.5 Å². The Kier molecular flexibility index (Phi) is 4.71. The zero-order chi connectivity index (χ0) is 10.6. The van der Waals surface area contributed by atoms with Crippen LogP contribution in [0.3, 0.4) is 0 Å². The van der Waals surface area contributed by atoms with E-state index in [9.17, 15) is 8.42 Å². The van der Waals surface area contributed by atoms with Crippen molar-refractivity contribution < 1.29 is 8.42 Å². The molecule has 0 radical (unpaired) electrons. The summed E-state index contributed by atoms with van der Waals surface area (Å²) in [5.74, 6) is 0.704. The van der Waals surface area contributed by atoms with E-state index in [1.807, 2.05) is 0 Å². The fourth-order valence-corrected chi connectivity index (χ4v) is 3.17. The minimum absolute atomic E-state index is 0.194. The van der Waals surface area contributed by atoms with Gasteiger partial charge in [0.2, 0.25) is 0 Å². The summed E-state index contributed by atoms with van der Waals surface area (Å²) in [6.45, 7) is 0. The van der Waals surface area contributed by atoms with Crippen LogP contribution >= 0.6 is 11.6 Å². The number of rotatable bonds is 3. The molecule has 0 aromatic carbocycles. The van der Waals surface area contributed by atoms with Gasteiger partial charge in [0, 0.05) is 11.6 Å². The van der Waals surface area contributed by atoms with Gasteiger partial charge in [-0.15, -0.1) is 11.6 Å². The molecule has 0 saturated heterocycles. The maximum Gasteiger partial charge on any atom is 0.147 e. The smallest absolute Gasteiger partial charge is 0.147 e. The van der Waals surface area contributed by atoms with Gasteiger partial charge in [-0.2, -0.15) is 0 Å². The summed E-state index contributed by atoms with van der Waals surface area (Å²) in [5, 5.41) is 0.194. The molecule has 0 N–H and O–H groups in total. The molecular weight excluding hydrogens is 220 g/mol. The molecule has 1 rings (SSSR count). The van der Waals surface area contributed by atoms with E-state index in [0.717, 1.165) is 19.3 Å². The van der Waals surface area contributed by atoms with Crippen molar-refractivity contribution in [3.05, 3.63) is 0 Å². The Morgan fingerprint density at radius 3 is 2.50 bits per heavy atom. The molecule has 0 bridgehead atoms. The molecule has 0 amide bonds. The molecule has 84 valence electrons. The van der Waals surface area contributed by atoms with Gasteiger partial charge in [0.25, 0.3) is 0 Å². The third-order valence-electron chi connectivity index (χ3n) is 2.93. The Labute approximate surface area is 91.9 Å². The molecule has 1 aliphatic rings. The van der Waals surface area contributed by atoms with Crippen molar-refractivity contribution >= 4 is 21.4 Å². The van der Waals surface area contributed by atoms with E-state index in [1.54, 1.807) is 0 Å². The van der Waals surface area contributed by atoms with Crippen molar-refractivity contribution in [2.24, 2.45) is 5.92 Å². The normalized spacial score (nSPS) is 29.9. The highest BCUT2D eigenvalue weighted by molar-refractivity contribution is 7.90. The van der Waals surface area contributed by atoms with Gasteiger partial charge in [-0.25, -0.2) is 8.42 Å². The molecule has 1 aliphatic carbocycles. The Bertz CT molecular complexity index is 261. The van der Waals surface area contributed by atoms with E-state index >= 15 is 0 Å². The molecule has 0 aromatic heterocycles. The number of hydrogen-bond acceptors (Lipinski definition) is 2. The second kappa shape index (κ2) is 5.36. The van der Waals surface area contributed by atoms with Crippen LogP contribution in [0, 0.1) is 5.92 Å². The summed E-state index contributed by atoms with van der Waals surface area (Å²) < 4.78 is 22.0. The minimum atomic E-state index is -2.82. The molecular formula is C10H19ClO2S. The number of alkyl halides is 1. The van der Waals surface area contributed by atoms with Crippen molar-refractivity contribution in [3.8, 4) is 0 Å². The van der Waals surface area contributed by atoms with E-state index in [1.165, 1.54) is 25.5 Å². The second-order valence-electron chi connectivity index (χ2n) is 4.33. The van der Waals surface area contributed by atoms with Crippen LogP contribution in [0.25, 0.3) is 0 Å². The fourth-order valence-electron chi connectivity index (χ4n) is 2.03. The second-order valence-corrected chi connectivity index (χ2v) is 7.15. The lowest BCUT2D eigenvalue weighted by Crippen LogP contribution is -2.17. The Morgan fingerprint density at radius 1 is 1.21 bits per heavy atom. The zero-order valence-electron chi connectivity index (χ0n) is 8.71. The average Bonchev–Trinajstić information content (AvgIpc) is 2.25.